The molecule has 0 radical (unpaired) electrons. The third-order valence-electron chi connectivity index (χ3n) is 2.34. The van der Waals surface area contributed by atoms with Crippen molar-refractivity contribution in [1.29, 1.82) is 0 Å². The normalized spacial score (nSPS) is 13.1. The maximum Gasteiger partial charge on any atom is 0.0667 e. The predicted molar refractivity (Wildman–Crippen MR) is 61.9 cm³/mol. The van der Waals surface area contributed by atoms with Crippen LogP contribution in [0.1, 0.15) is 24.3 Å². The number of ether oxygens (including phenoxy) is 1. The van der Waals surface area contributed by atoms with E-state index in [0.29, 0.717) is 6.10 Å². The maximum absolute atomic E-state index is 5.17. The Morgan fingerprint density at radius 3 is 3.00 bits per heavy atom. The molecular weight excluding hydrogens is 194 g/mol. The van der Waals surface area contributed by atoms with Gasteiger partial charge in [-0.1, -0.05) is 6.92 Å². The van der Waals surface area contributed by atoms with E-state index >= 15 is 0 Å². The van der Waals surface area contributed by atoms with Crippen molar-refractivity contribution in [3.05, 3.63) is 21.9 Å². The molecule has 1 atom stereocenters. The molecule has 0 saturated carbocycles. The molecule has 0 spiro atoms. The van der Waals surface area contributed by atoms with E-state index in [1.54, 1.807) is 7.11 Å². The fourth-order valence-electron chi connectivity index (χ4n) is 1.31. The van der Waals surface area contributed by atoms with Gasteiger partial charge in [-0.2, -0.15) is 0 Å². The molecule has 0 saturated heterocycles. The first-order chi connectivity index (χ1) is 6.77. The summed E-state index contributed by atoms with van der Waals surface area (Å²) in [6.45, 7) is 6.15. The van der Waals surface area contributed by atoms with Crippen LogP contribution in [-0.2, 0) is 17.7 Å². The van der Waals surface area contributed by atoms with Gasteiger partial charge in [0.25, 0.3) is 0 Å². The highest BCUT2D eigenvalue weighted by atomic mass is 32.1. The van der Waals surface area contributed by atoms with Crippen LogP contribution in [0, 0.1) is 0 Å². The highest BCUT2D eigenvalue weighted by molar-refractivity contribution is 7.10. The SMILES string of the molecule is CCc1ccsc1CNCC(C)OC. The van der Waals surface area contributed by atoms with Crippen LogP contribution in [0.25, 0.3) is 0 Å². The van der Waals surface area contributed by atoms with Crippen molar-refractivity contribution in [3.8, 4) is 0 Å². The number of nitrogens with one attached hydrogen (secondary N) is 1. The minimum absolute atomic E-state index is 0.292. The lowest BCUT2D eigenvalue weighted by atomic mass is 10.2. The fourth-order valence-corrected chi connectivity index (χ4v) is 2.26. The van der Waals surface area contributed by atoms with E-state index < -0.39 is 0 Å². The number of rotatable bonds is 6. The van der Waals surface area contributed by atoms with Crippen LogP contribution in [0.3, 0.4) is 0 Å². The largest absolute Gasteiger partial charge is 0.380 e. The van der Waals surface area contributed by atoms with Crippen LogP contribution >= 0.6 is 11.3 Å². The number of hydrogen-bond acceptors (Lipinski definition) is 3. The quantitative estimate of drug-likeness (QED) is 0.783. The topological polar surface area (TPSA) is 21.3 Å². The van der Waals surface area contributed by atoms with Gasteiger partial charge in [0.05, 0.1) is 6.10 Å². The van der Waals surface area contributed by atoms with E-state index in [9.17, 15) is 0 Å². The van der Waals surface area contributed by atoms with Gasteiger partial charge in [0.2, 0.25) is 0 Å². The van der Waals surface area contributed by atoms with Crippen LogP contribution in [0.4, 0.5) is 0 Å². The summed E-state index contributed by atoms with van der Waals surface area (Å²) in [5, 5.41) is 5.56. The molecular formula is C11H19NOS. The summed E-state index contributed by atoms with van der Waals surface area (Å²) in [5.41, 5.74) is 1.47. The molecule has 1 heterocycles. The van der Waals surface area contributed by atoms with Crippen molar-refractivity contribution in [2.24, 2.45) is 0 Å². The summed E-state index contributed by atoms with van der Waals surface area (Å²) in [4.78, 5) is 1.45. The summed E-state index contributed by atoms with van der Waals surface area (Å²) in [7, 11) is 1.75. The maximum atomic E-state index is 5.17. The molecule has 0 bridgehead atoms. The summed E-state index contributed by atoms with van der Waals surface area (Å²) < 4.78 is 5.17. The molecule has 1 rings (SSSR count). The molecule has 14 heavy (non-hydrogen) atoms. The molecule has 0 aromatic carbocycles. The minimum Gasteiger partial charge on any atom is -0.380 e. The molecule has 0 aliphatic carbocycles. The van der Waals surface area contributed by atoms with Gasteiger partial charge in [-0.15, -0.1) is 11.3 Å². The Labute approximate surface area is 90.3 Å². The standard InChI is InChI=1S/C11H19NOS/c1-4-10-5-6-14-11(10)8-12-7-9(2)13-3/h5-6,9,12H,4,7-8H2,1-3H3. The zero-order valence-electron chi connectivity index (χ0n) is 9.17. The lowest BCUT2D eigenvalue weighted by Crippen LogP contribution is -2.25. The van der Waals surface area contributed by atoms with Gasteiger partial charge in [0.1, 0.15) is 0 Å². The molecule has 0 amide bonds. The monoisotopic (exact) mass is 213 g/mol. The lowest BCUT2D eigenvalue weighted by molar-refractivity contribution is 0.117. The highest BCUT2D eigenvalue weighted by Crippen LogP contribution is 2.16. The molecule has 1 N–H and O–H groups in total. The first kappa shape index (κ1) is 11.7. The Morgan fingerprint density at radius 2 is 2.36 bits per heavy atom. The van der Waals surface area contributed by atoms with E-state index in [1.807, 2.05) is 11.3 Å². The summed E-state index contributed by atoms with van der Waals surface area (Å²) >= 11 is 1.83. The van der Waals surface area contributed by atoms with Gasteiger partial charge in [-0.3, -0.25) is 0 Å². The van der Waals surface area contributed by atoms with E-state index in [4.69, 9.17) is 4.74 Å². The van der Waals surface area contributed by atoms with E-state index in [-0.39, 0.29) is 0 Å². The van der Waals surface area contributed by atoms with Gasteiger partial charge in [-0.05, 0) is 30.4 Å². The van der Waals surface area contributed by atoms with Crippen molar-refractivity contribution < 1.29 is 4.74 Å². The summed E-state index contributed by atoms with van der Waals surface area (Å²) in [6, 6.07) is 2.21. The smallest absolute Gasteiger partial charge is 0.0667 e. The van der Waals surface area contributed by atoms with Crippen molar-refractivity contribution >= 4 is 11.3 Å². The van der Waals surface area contributed by atoms with Gasteiger partial charge in [0.15, 0.2) is 0 Å². The fraction of sp³-hybridized carbons (Fsp3) is 0.636. The second-order valence-electron chi connectivity index (χ2n) is 3.40. The second kappa shape index (κ2) is 6.17. The van der Waals surface area contributed by atoms with Gasteiger partial charge >= 0.3 is 0 Å². The average Bonchev–Trinajstić information content (AvgIpc) is 2.65. The molecule has 1 aromatic rings. The lowest BCUT2D eigenvalue weighted by Gasteiger charge is -2.10. The molecule has 1 unspecified atom stereocenters. The van der Waals surface area contributed by atoms with Crippen LogP contribution < -0.4 is 5.32 Å². The molecule has 0 fully saturated rings. The van der Waals surface area contributed by atoms with Crippen molar-refractivity contribution in [3.63, 3.8) is 0 Å². The highest BCUT2D eigenvalue weighted by Gasteiger charge is 2.03. The third-order valence-corrected chi connectivity index (χ3v) is 3.30. The number of thiophene rings is 1. The van der Waals surface area contributed by atoms with Crippen LogP contribution in [0.2, 0.25) is 0 Å². The van der Waals surface area contributed by atoms with Gasteiger partial charge in [-0.25, -0.2) is 0 Å². The number of hydrogen-bond donors (Lipinski definition) is 1. The first-order valence-corrected chi connectivity index (χ1v) is 5.94. The van der Waals surface area contributed by atoms with Gasteiger partial charge in [0, 0.05) is 25.1 Å². The Morgan fingerprint density at radius 1 is 1.57 bits per heavy atom. The zero-order valence-corrected chi connectivity index (χ0v) is 9.99. The molecule has 0 aliphatic heterocycles. The first-order valence-electron chi connectivity index (χ1n) is 5.06. The predicted octanol–water partition coefficient (Wildman–Crippen LogP) is 2.44. The number of aryl methyl sites for hydroxylation is 1. The van der Waals surface area contributed by atoms with Crippen LogP contribution in [0.15, 0.2) is 11.4 Å². The molecule has 2 nitrogen and oxygen atoms in total. The molecule has 0 aliphatic rings. The van der Waals surface area contributed by atoms with Crippen LogP contribution in [-0.4, -0.2) is 19.8 Å². The van der Waals surface area contributed by atoms with Crippen molar-refractivity contribution in [1.82, 2.24) is 5.32 Å². The van der Waals surface area contributed by atoms with Gasteiger partial charge < -0.3 is 10.1 Å². The summed E-state index contributed by atoms with van der Waals surface area (Å²) in [5.74, 6) is 0. The third kappa shape index (κ3) is 3.40. The minimum atomic E-state index is 0.292. The molecule has 3 heteroatoms. The molecule has 80 valence electrons. The average molecular weight is 213 g/mol. The van der Waals surface area contributed by atoms with Crippen molar-refractivity contribution in [2.45, 2.75) is 32.9 Å². The van der Waals surface area contributed by atoms with E-state index in [0.717, 1.165) is 19.5 Å². The van der Waals surface area contributed by atoms with E-state index in [2.05, 4.69) is 30.6 Å². The summed E-state index contributed by atoms with van der Waals surface area (Å²) in [6.07, 6.45) is 1.42. The second-order valence-corrected chi connectivity index (χ2v) is 4.40. The Kier molecular flexibility index (Phi) is 5.15. The Balaban J connectivity index is 2.31. The molecule has 1 aromatic heterocycles. The number of methoxy groups -OCH3 is 1. The van der Waals surface area contributed by atoms with Crippen molar-refractivity contribution in [2.75, 3.05) is 13.7 Å². The Hall–Kier alpha value is -0.380. The van der Waals surface area contributed by atoms with E-state index in [1.165, 1.54) is 10.4 Å². The zero-order chi connectivity index (χ0) is 10.4. The van der Waals surface area contributed by atoms with Crippen LogP contribution in [0.5, 0.6) is 0 Å². The Bertz CT molecular complexity index is 260.